The van der Waals surface area contributed by atoms with Gasteiger partial charge in [-0.25, -0.2) is 4.79 Å². The number of hydrogen-bond donors (Lipinski definition) is 0. The van der Waals surface area contributed by atoms with Gasteiger partial charge in [-0.3, -0.25) is 0 Å². The lowest BCUT2D eigenvalue weighted by Crippen LogP contribution is -2.33. The van der Waals surface area contributed by atoms with Crippen molar-refractivity contribution in [2.75, 3.05) is 13.7 Å². The first kappa shape index (κ1) is 11.1. The summed E-state index contributed by atoms with van der Waals surface area (Å²) in [4.78, 5) is 13.4. The maximum atomic E-state index is 11.4. The molecule has 0 spiro atoms. The minimum Gasteiger partial charge on any atom is -0.467 e. The van der Waals surface area contributed by atoms with E-state index < -0.39 is 0 Å². The lowest BCUT2D eigenvalue weighted by Gasteiger charge is -2.20. The van der Waals surface area contributed by atoms with Crippen molar-refractivity contribution in [3.05, 3.63) is 12.3 Å². The monoisotopic (exact) mass is 197 g/mol. The number of carbonyl (C=O) groups is 1. The molecule has 1 fully saturated rings. The summed E-state index contributed by atoms with van der Waals surface area (Å²) in [6, 6.07) is -0.0602. The van der Waals surface area contributed by atoms with E-state index in [-0.39, 0.29) is 12.0 Å². The van der Waals surface area contributed by atoms with Crippen molar-refractivity contribution in [3.8, 4) is 0 Å². The Morgan fingerprint density at radius 1 is 1.57 bits per heavy atom. The molecule has 0 aromatic heterocycles. The number of nitrogens with zero attached hydrogens (tertiary/aromatic N) is 1. The number of ether oxygens (including phenoxy) is 1. The fraction of sp³-hybridized carbons (Fsp3) is 0.727. The molecule has 0 aromatic carbocycles. The molecule has 0 aromatic rings. The SMILES string of the molecule is COC(=O)[C@@H]1CCCN1/C=C/C(C)C. The van der Waals surface area contributed by atoms with E-state index in [1.165, 1.54) is 7.11 Å². The molecule has 1 heterocycles. The highest BCUT2D eigenvalue weighted by Crippen LogP contribution is 2.18. The Morgan fingerprint density at radius 2 is 2.29 bits per heavy atom. The zero-order chi connectivity index (χ0) is 10.6. The molecule has 14 heavy (non-hydrogen) atoms. The molecule has 1 aliphatic heterocycles. The molecule has 0 radical (unpaired) electrons. The molecule has 1 rings (SSSR count). The Labute approximate surface area is 85.7 Å². The fourth-order valence-electron chi connectivity index (χ4n) is 1.64. The summed E-state index contributed by atoms with van der Waals surface area (Å²) in [5.74, 6) is 0.407. The molecule has 0 saturated carbocycles. The first-order valence-electron chi connectivity index (χ1n) is 5.17. The van der Waals surface area contributed by atoms with E-state index in [1.807, 2.05) is 6.20 Å². The summed E-state index contributed by atoms with van der Waals surface area (Å²) >= 11 is 0. The third kappa shape index (κ3) is 2.76. The normalized spacial score (nSPS) is 22.3. The first-order chi connectivity index (χ1) is 6.65. The number of likely N-dealkylation sites (tertiary alicyclic amines) is 1. The summed E-state index contributed by atoms with van der Waals surface area (Å²) < 4.78 is 4.76. The third-order valence-corrected chi connectivity index (χ3v) is 2.43. The van der Waals surface area contributed by atoms with Crippen molar-refractivity contribution in [3.63, 3.8) is 0 Å². The third-order valence-electron chi connectivity index (χ3n) is 2.43. The number of carbonyl (C=O) groups excluding carboxylic acids is 1. The standard InChI is InChI=1S/C11H19NO2/c1-9(2)6-8-12-7-4-5-10(12)11(13)14-3/h6,8-10H,4-5,7H2,1-3H3/b8-6+/t10-/m0/s1. The maximum absolute atomic E-state index is 11.4. The summed E-state index contributed by atoms with van der Waals surface area (Å²) in [7, 11) is 1.45. The van der Waals surface area contributed by atoms with Crippen LogP contribution in [0.25, 0.3) is 0 Å². The minimum absolute atomic E-state index is 0.0602. The molecule has 0 unspecified atom stereocenters. The summed E-state index contributed by atoms with van der Waals surface area (Å²) in [5.41, 5.74) is 0. The fourth-order valence-corrected chi connectivity index (χ4v) is 1.64. The highest BCUT2D eigenvalue weighted by Gasteiger charge is 2.28. The average Bonchev–Trinajstić information content (AvgIpc) is 2.61. The van der Waals surface area contributed by atoms with Gasteiger partial charge in [0.05, 0.1) is 7.11 Å². The Balaban J connectivity index is 2.55. The zero-order valence-corrected chi connectivity index (χ0v) is 9.19. The number of esters is 1. The lowest BCUT2D eigenvalue weighted by atomic mass is 10.2. The van der Waals surface area contributed by atoms with Crippen molar-refractivity contribution in [2.45, 2.75) is 32.7 Å². The highest BCUT2D eigenvalue weighted by molar-refractivity contribution is 5.76. The zero-order valence-electron chi connectivity index (χ0n) is 9.19. The van der Waals surface area contributed by atoms with Crippen LogP contribution in [0, 0.1) is 5.92 Å². The van der Waals surface area contributed by atoms with Crippen molar-refractivity contribution in [1.82, 2.24) is 4.90 Å². The van der Waals surface area contributed by atoms with Crippen LogP contribution in [0.15, 0.2) is 12.3 Å². The van der Waals surface area contributed by atoms with Gasteiger partial charge >= 0.3 is 5.97 Å². The van der Waals surface area contributed by atoms with Crippen LogP contribution in [0.2, 0.25) is 0 Å². The molecule has 1 atom stereocenters. The van der Waals surface area contributed by atoms with Crippen molar-refractivity contribution in [2.24, 2.45) is 5.92 Å². The molecule has 0 amide bonds. The van der Waals surface area contributed by atoms with E-state index in [0.29, 0.717) is 5.92 Å². The molecule has 3 heteroatoms. The minimum atomic E-state index is -0.115. The van der Waals surface area contributed by atoms with Gasteiger partial charge in [0.15, 0.2) is 0 Å². The van der Waals surface area contributed by atoms with E-state index in [1.54, 1.807) is 0 Å². The molecule has 0 N–H and O–H groups in total. The molecule has 0 aliphatic carbocycles. The van der Waals surface area contributed by atoms with E-state index in [4.69, 9.17) is 4.74 Å². The van der Waals surface area contributed by atoms with Crippen LogP contribution in [0.4, 0.5) is 0 Å². The van der Waals surface area contributed by atoms with Gasteiger partial charge in [-0.15, -0.1) is 0 Å². The molecule has 0 bridgehead atoms. The van der Waals surface area contributed by atoms with Crippen molar-refractivity contribution >= 4 is 5.97 Å². The molecule has 1 aliphatic rings. The van der Waals surface area contributed by atoms with E-state index in [0.717, 1.165) is 19.4 Å². The largest absolute Gasteiger partial charge is 0.467 e. The van der Waals surface area contributed by atoms with Crippen LogP contribution in [0.3, 0.4) is 0 Å². The number of rotatable bonds is 3. The van der Waals surface area contributed by atoms with E-state index in [9.17, 15) is 4.79 Å². The second-order valence-corrected chi connectivity index (χ2v) is 4.00. The van der Waals surface area contributed by atoms with Crippen LogP contribution >= 0.6 is 0 Å². The topological polar surface area (TPSA) is 29.5 Å². The van der Waals surface area contributed by atoms with E-state index >= 15 is 0 Å². The molecule has 1 saturated heterocycles. The van der Waals surface area contributed by atoms with Gasteiger partial charge in [0.1, 0.15) is 6.04 Å². The molecule has 80 valence electrons. The van der Waals surface area contributed by atoms with Gasteiger partial charge in [0.2, 0.25) is 0 Å². The van der Waals surface area contributed by atoms with Crippen LogP contribution in [-0.4, -0.2) is 30.6 Å². The van der Waals surface area contributed by atoms with Gasteiger partial charge in [0, 0.05) is 6.54 Å². The van der Waals surface area contributed by atoms with Crippen LogP contribution in [0.5, 0.6) is 0 Å². The Bertz CT molecular complexity index is 223. The Hall–Kier alpha value is -0.990. The molecule has 3 nitrogen and oxygen atoms in total. The first-order valence-corrected chi connectivity index (χ1v) is 5.17. The van der Waals surface area contributed by atoms with Gasteiger partial charge in [-0.05, 0) is 25.0 Å². The Kier molecular flexibility index (Phi) is 3.98. The van der Waals surface area contributed by atoms with Gasteiger partial charge in [-0.2, -0.15) is 0 Å². The maximum Gasteiger partial charge on any atom is 0.328 e. The lowest BCUT2D eigenvalue weighted by molar-refractivity contribution is -0.144. The van der Waals surface area contributed by atoms with Crippen molar-refractivity contribution in [1.29, 1.82) is 0 Å². The van der Waals surface area contributed by atoms with Crippen LogP contribution in [-0.2, 0) is 9.53 Å². The summed E-state index contributed by atoms with van der Waals surface area (Å²) in [6.45, 7) is 5.21. The van der Waals surface area contributed by atoms with Gasteiger partial charge in [0.25, 0.3) is 0 Å². The summed E-state index contributed by atoms with van der Waals surface area (Å²) in [5, 5.41) is 0. The summed E-state index contributed by atoms with van der Waals surface area (Å²) in [6.07, 6.45) is 6.12. The van der Waals surface area contributed by atoms with E-state index in [2.05, 4.69) is 24.8 Å². The second kappa shape index (κ2) is 5.03. The Morgan fingerprint density at radius 3 is 2.86 bits per heavy atom. The van der Waals surface area contributed by atoms with Gasteiger partial charge < -0.3 is 9.64 Å². The van der Waals surface area contributed by atoms with Crippen molar-refractivity contribution < 1.29 is 9.53 Å². The van der Waals surface area contributed by atoms with Crippen LogP contribution in [0.1, 0.15) is 26.7 Å². The second-order valence-electron chi connectivity index (χ2n) is 4.00. The van der Waals surface area contributed by atoms with Crippen LogP contribution < -0.4 is 0 Å². The highest BCUT2D eigenvalue weighted by atomic mass is 16.5. The predicted molar refractivity (Wildman–Crippen MR) is 55.7 cm³/mol. The number of hydrogen-bond acceptors (Lipinski definition) is 3. The smallest absolute Gasteiger partial charge is 0.328 e. The molecular formula is C11H19NO2. The predicted octanol–water partition coefficient (Wildman–Crippen LogP) is 1.79. The number of allylic oxidation sites excluding steroid dienone is 1. The quantitative estimate of drug-likeness (QED) is 0.646. The average molecular weight is 197 g/mol. The van der Waals surface area contributed by atoms with Gasteiger partial charge in [-0.1, -0.05) is 19.9 Å². The molecular weight excluding hydrogens is 178 g/mol. The number of methoxy groups -OCH3 is 1.